The summed E-state index contributed by atoms with van der Waals surface area (Å²) in [6.07, 6.45) is -3.37. The lowest BCUT2D eigenvalue weighted by Gasteiger charge is -2.06. The number of nitrogens with two attached hydrogens (primary N) is 1. The van der Waals surface area contributed by atoms with Crippen molar-refractivity contribution in [2.75, 3.05) is 14.2 Å². The highest BCUT2D eigenvalue weighted by molar-refractivity contribution is 5.78. The van der Waals surface area contributed by atoms with E-state index >= 15 is 0 Å². The van der Waals surface area contributed by atoms with Gasteiger partial charge in [0.05, 0.1) is 43.6 Å². The largest absolute Gasteiger partial charge is 0.480 e. The molecule has 10 nitrogen and oxygen atoms in total. The molecule has 16 heteroatoms. The van der Waals surface area contributed by atoms with Crippen LogP contribution < -0.4 is 15.2 Å². The number of carbonyl (C=O) groups excluding carboxylic acids is 1. The lowest BCUT2D eigenvalue weighted by Crippen LogP contribution is -2.08. The number of aldehydes is 1. The zero-order valence-electron chi connectivity index (χ0n) is 19.7. The fourth-order valence-corrected chi connectivity index (χ4v) is 2.96. The predicted octanol–water partition coefficient (Wildman–Crippen LogP) is 3.86. The number of rotatable bonds is 6. The minimum Gasteiger partial charge on any atom is -0.480 e. The predicted molar refractivity (Wildman–Crippen MR) is 119 cm³/mol. The molecule has 202 valence electrons. The van der Waals surface area contributed by atoms with E-state index in [2.05, 4.69) is 20.2 Å². The number of hydrogen-bond donors (Lipinski definition) is 1. The van der Waals surface area contributed by atoms with Gasteiger partial charge in [-0.25, -0.2) is 19.3 Å². The van der Waals surface area contributed by atoms with Crippen LogP contribution in [0.1, 0.15) is 27.3 Å². The molecule has 2 N–H and O–H groups in total. The standard InChI is InChI=1S/C11H11F3N4O.C11H8F3N3O2/c1-19-10-7(4-15)6-18(17-10)8-2-3-9(16-5-8)11(12,13)14;1-19-10-7(6-18)5-17(16-10)8-2-3-9(15-4-8)11(12,13)14/h2-3,5-6H,4,15H2,1H3;2-6H,1H3. The summed E-state index contributed by atoms with van der Waals surface area (Å²) in [5.41, 5.74) is 5.09. The van der Waals surface area contributed by atoms with Crippen LogP contribution in [0.5, 0.6) is 11.8 Å². The first-order valence-electron chi connectivity index (χ1n) is 10.4. The van der Waals surface area contributed by atoms with Gasteiger partial charge >= 0.3 is 12.4 Å². The zero-order chi connectivity index (χ0) is 28.1. The number of carbonyl (C=O) groups is 1. The average Bonchev–Trinajstić information content (AvgIpc) is 3.52. The van der Waals surface area contributed by atoms with Crippen molar-refractivity contribution in [2.45, 2.75) is 18.9 Å². The van der Waals surface area contributed by atoms with Crippen molar-refractivity contribution < 1.29 is 40.6 Å². The Morgan fingerprint density at radius 1 is 0.816 bits per heavy atom. The average molecular weight is 543 g/mol. The molecule has 4 aromatic rings. The quantitative estimate of drug-likeness (QED) is 0.287. The maximum absolute atomic E-state index is 12.4. The van der Waals surface area contributed by atoms with Gasteiger partial charge in [-0.15, -0.1) is 10.2 Å². The van der Waals surface area contributed by atoms with Gasteiger partial charge in [-0.2, -0.15) is 26.3 Å². The van der Waals surface area contributed by atoms with Gasteiger partial charge in [-0.3, -0.25) is 4.79 Å². The molecule has 4 aromatic heterocycles. The van der Waals surface area contributed by atoms with Crippen LogP contribution in [0.2, 0.25) is 0 Å². The van der Waals surface area contributed by atoms with Crippen molar-refractivity contribution in [2.24, 2.45) is 5.73 Å². The fourth-order valence-electron chi connectivity index (χ4n) is 2.96. The number of alkyl halides is 6. The first kappa shape index (κ1) is 28.1. The maximum atomic E-state index is 12.4. The number of methoxy groups -OCH3 is 2. The molecule has 0 saturated carbocycles. The number of halogens is 6. The Labute approximate surface area is 210 Å². The molecule has 0 aliphatic heterocycles. The van der Waals surface area contributed by atoms with Crippen LogP contribution in [0, 0.1) is 0 Å². The molecule has 0 unspecified atom stereocenters. The Bertz CT molecular complexity index is 1340. The van der Waals surface area contributed by atoms with Crippen molar-refractivity contribution >= 4 is 6.29 Å². The van der Waals surface area contributed by atoms with E-state index in [1.165, 1.54) is 41.9 Å². The van der Waals surface area contributed by atoms with Crippen LogP contribution in [0.4, 0.5) is 26.3 Å². The van der Waals surface area contributed by atoms with E-state index in [0.29, 0.717) is 29.1 Å². The fraction of sp³-hybridized carbons (Fsp3) is 0.227. The third-order valence-corrected chi connectivity index (χ3v) is 4.80. The molecule has 0 aliphatic rings. The third-order valence-electron chi connectivity index (χ3n) is 4.80. The summed E-state index contributed by atoms with van der Waals surface area (Å²) in [5, 5.41) is 7.96. The first-order valence-corrected chi connectivity index (χ1v) is 10.4. The Hall–Kier alpha value is -4.47. The molecular formula is C22H19F6N7O3. The van der Waals surface area contributed by atoms with Gasteiger partial charge in [0.2, 0.25) is 11.8 Å². The highest BCUT2D eigenvalue weighted by Crippen LogP contribution is 2.29. The van der Waals surface area contributed by atoms with Gasteiger partial charge in [-0.05, 0) is 24.3 Å². The summed E-state index contributed by atoms with van der Waals surface area (Å²) in [6.45, 7) is 0.219. The van der Waals surface area contributed by atoms with E-state index in [1.54, 1.807) is 6.20 Å². The van der Waals surface area contributed by atoms with Gasteiger partial charge in [0.1, 0.15) is 11.4 Å². The molecule has 4 rings (SSSR count). The molecule has 0 amide bonds. The van der Waals surface area contributed by atoms with Crippen molar-refractivity contribution in [1.29, 1.82) is 0 Å². The van der Waals surface area contributed by atoms with E-state index < -0.39 is 23.7 Å². The van der Waals surface area contributed by atoms with Crippen molar-refractivity contribution in [3.8, 4) is 23.1 Å². The highest BCUT2D eigenvalue weighted by Gasteiger charge is 2.33. The van der Waals surface area contributed by atoms with E-state index in [1.807, 2.05) is 0 Å². The van der Waals surface area contributed by atoms with Crippen molar-refractivity contribution in [3.05, 3.63) is 71.6 Å². The summed E-state index contributed by atoms with van der Waals surface area (Å²) in [6, 6.07) is 4.22. The molecule has 0 radical (unpaired) electrons. The molecule has 0 aromatic carbocycles. The smallest absolute Gasteiger partial charge is 0.433 e. The first-order chi connectivity index (χ1) is 17.9. The van der Waals surface area contributed by atoms with Crippen molar-refractivity contribution in [1.82, 2.24) is 29.5 Å². The molecule has 0 fully saturated rings. The van der Waals surface area contributed by atoms with Gasteiger partial charge in [-0.1, -0.05) is 0 Å². The molecule has 4 heterocycles. The zero-order valence-corrected chi connectivity index (χ0v) is 19.7. The maximum Gasteiger partial charge on any atom is 0.433 e. The van der Waals surface area contributed by atoms with Crippen molar-refractivity contribution in [3.63, 3.8) is 0 Å². The van der Waals surface area contributed by atoms with Crippen LogP contribution in [0.15, 0.2) is 49.1 Å². The number of nitrogens with zero attached hydrogens (tertiary/aromatic N) is 6. The number of pyridine rings is 2. The van der Waals surface area contributed by atoms with E-state index in [0.717, 1.165) is 24.5 Å². The second kappa shape index (κ2) is 11.3. The summed E-state index contributed by atoms with van der Waals surface area (Å²) in [4.78, 5) is 17.4. The molecule has 0 spiro atoms. The van der Waals surface area contributed by atoms with Crippen LogP contribution in [0.25, 0.3) is 11.4 Å². The Balaban J connectivity index is 0.000000211. The monoisotopic (exact) mass is 543 g/mol. The van der Waals surface area contributed by atoms with Gasteiger partial charge in [0.25, 0.3) is 0 Å². The number of ether oxygens (including phenoxy) is 2. The summed E-state index contributed by atoms with van der Waals surface area (Å²) in [7, 11) is 2.78. The molecule has 0 atom stereocenters. The normalized spacial score (nSPS) is 11.5. The molecule has 38 heavy (non-hydrogen) atoms. The molecular weight excluding hydrogens is 524 g/mol. The lowest BCUT2D eigenvalue weighted by atomic mass is 10.3. The highest BCUT2D eigenvalue weighted by atomic mass is 19.4. The van der Waals surface area contributed by atoms with E-state index in [4.69, 9.17) is 15.2 Å². The Morgan fingerprint density at radius 3 is 1.61 bits per heavy atom. The summed E-state index contributed by atoms with van der Waals surface area (Å²) in [5.74, 6) is 0.428. The number of aromatic nitrogens is 6. The molecule has 0 saturated heterocycles. The van der Waals surface area contributed by atoms with Gasteiger partial charge in [0, 0.05) is 24.5 Å². The lowest BCUT2D eigenvalue weighted by molar-refractivity contribution is -0.141. The van der Waals surface area contributed by atoms with E-state index in [9.17, 15) is 31.1 Å². The van der Waals surface area contributed by atoms with Crippen LogP contribution in [-0.4, -0.2) is 50.0 Å². The second-order valence-corrected chi connectivity index (χ2v) is 7.27. The summed E-state index contributed by atoms with van der Waals surface area (Å²) >= 11 is 0. The SMILES string of the molecule is COc1nn(-c2ccc(C(F)(F)F)nc2)cc1C=O.COc1nn(-c2ccc(C(F)(F)F)nc2)cc1CN. The minimum atomic E-state index is -4.49. The topological polar surface area (TPSA) is 123 Å². The van der Waals surface area contributed by atoms with Gasteiger partial charge < -0.3 is 15.2 Å². The van der Waals surface area contributed by atoms with Crippen LogP contribution in [0.3, 0.4) is 0 Å². The Morgan fingerprint density at radius 2 is 1.29 bits per heavy atom. The number of hydrogen-bond acceptors (Lipinski definition) is 8. The Kier molecular flexibility index (Phi) is 8.35. The third kappa shape index (κ3) is 6.44. The minimum absolute atomic E-state index is 0.0925. The molecule has 0 aliphatic carbocycles. The van der Waals surface area contributed by atoms with Gasteiger partial charge in [0.15, 0.2) is 6.29 Å². The van der Waals surface area contributed by atoms with Crippen LogP contribution in [-0.2, 0) is 18.9 Å². The summed E-state index contributed by atoms with van der Waals surface area (Å²) < 4.78 is 86.6. The second-order valence-electron chi connectivity index (χ2n) is 7.27. The van der Waals surface area contributed by atoms with Crippen LogP contribution >= 0.6 is 0 Å². The molecule has 0 bridgehead atoms. The van der Waals surface area contributed by atoms with E-state index in [-0.39, 0.29) is 18.0 Å².